The maximum atomic E-state index is 11.8. The zero-order chi connectivity index (χ0) is 11.4. The predicted octanol–water partition coefficient (Wildman–Crippen LogP) is 2.40. The second kappa shape index (κ2) is 5.08. The van der Waals surface area contributed by atoms with E-state index >= 15 is 0 Å². The van der Waals surface area contributed by atoms with Crippen molar-refractivity contribution in [3.05, 3.63) is 34.4 Å². The highest BCUT2D eigenvalue weighted by molar-refractivity contribution is 5.99. The van der Waals surface area contributed by atoms with Crippen molar-refractivity contribution in [2.24, 2.45) is 0 Å². The topological polar surface area (TPSA) is 29.1 Å². The highest BCUT2D eigenvalue weighted by atomic mass is 16.1. The molecule has 0 fully saturated rings. The number of nitrogens with one attached hydrogen (secondary N) is 1. The summed E-state index contributed by atoms with van der Waals surface area (Å²) in [5.41, 5.74) is 4.42. The van der Waals surface area contributed by atoms with E-state index in [0.29, 0.717) is 6.54 Å². The Labute approximate surface area is 91.7 Å². The van der Waals surface area contributed by atoms with Crippen molar-refractivity contribution in [3.63, 3.8) is 0 Å². The van der Waals surface area contributed by atoms with E-state index < -0.39 is 0 Å². The lowest BCUT2D eigenvalue weighted by Gasteiger charge is -2.10. The van der Waals surface area contributed by atoms with Crippen LogP contribution >= 0.6 is 0 Å². The molecule has 0 atom stereocenters. The van der Waals surface area contributed by atoms with Gasteiger partial charge in [0.2, 0.25) is 0 Å². The molecule has 1 N–H and O–H groups in total. The van der Waals surface area contributed by atoms with Crippen LogP contribution in [0.25, 0.3) is 0 Å². The van der Waals surface area contributed by atoms with Crippen LogP contribution < -0.4 is 5.32 Å². The fraction of sp³-hybridized carbons (Fsp3) is 0.462. The van der Waals surface area contributed by atoms with Crippen molar-refractivity contribution < 1.29 is 4.79 Å². The van der Waals surface area contributed by atoms with Crippen molar-refractivity contribution in [3.8, 4) is 0 Å². The molecule has 82 valence electrons. The van der Waals surface area contributed by atoms with Crippen LogP contribution in [0, 0.1) is 20.8 Å². The molecule has 1 rings (SSSR count). The first-order valence-electron chi connectivity index (χ1n) is 5.38. The SMILES string of the molecule is CCNCC(=O)c1ccc(C)c(C)c1C. The Bertz CT molecular complexity index is 369. The number of carbonyl (C=O) groups excluding carboxylic acids is 1. The van der Waals surface area contributed by atoms with Crippen LogP contribution in [-0.2, 0) is 0 Å². The first kappa shape index (κ1) is 11.9. The van der Waals surface area contributed by atoms with Crippen LogP contribution in [-0.4, -0.2) is 18.9 Å². The summed E-state index contributed by atoms with van der Waals surface area (Å²) in [5, 5.41) is 3.06. The van der Waals surface area contributed by atoms with E-state index in [1.165, 1.54) is 11.1 Å². The highest BCUT2D eigenvalue weighted by Crippen LogP contribution is 2.17. The number of likely N-dealkylation sites (N-methyl/N-ethyl adjacent to an activating group) is 1. The largest absolute Gasteiger partial charge is 0.310 e. The molecule has 0 saturated heterocycles. The minimum atomic E-state index is 0.178. The Morgan fingerprint density at radius 1 is 1.20 bits per heavy atom. The molecular formula is C13H19NO. The summed E-state index contributed by atoms with van der Waals surface area (Å²) in [6.07, 6.45) is 0. The van der Waals surface area contributed by atoms with Gasteiger partial charge in [0.05, 0.1) is 6.54 Å². The molecule has 0 aromatic heterocycles. The summed E-state index contributed by atoms with van der Waals surface area (Å²) >= 11 is 0. The number of ketones is 1. The Hall–Kier alpha value is -1.15. The second-order valence-corrected chi connectivity index (χ2v) is 3.88. The van der Waals surface area contributed by atoms with Gasteiger partial charge in [0, 0.05) is 5.56 Å². The summed E-state index contributed by atoms with van der Waals surface area (Å²) in [6, 6.07) is 3.94. The predicted molar refractivity (Wildman–Crippen MR) is 63.5 cm³/mol. The number of Topliss-reactive ketones (excluding diaryl/α,β-unsaturated/α-hetero) is 1. The minimum Gasteiger partial charge on any atom is -0.310 e. The number of hydrogen-bond donors (Lipinski definition) is 1. The van der Waals surface area contributed by atoms with Crippen LogP contribution in [0.5, 0.6) is 0 Å². The van der Waals surface area contributed by atoms with Crippen LogP contribution in [0.3, 0.4) is 0 Å². The Balaban J connectivity index is 2.95. The van der Waals surface area contributed by atoms with E-state index in [9.17, 15) is 4.79 Å². The lowest BCUT2D eigenvalue weighted by molar-refractivity contribution is 0.0991. The number of benzene rings is 1. The molecule has 0 aliphatic heterocycles. The van der Waals surface area contributed by atoms with E-state index in [2.05, 4.69) is 19.2 Å². The zero-order valence-electron chi connectivity index (χ0n) is 9.98. The van der Waals surface area contributed by atoms with Crippen molar-refractivity contribution >= 4 is 5.78 Å². The molecule has 1 aromatic carbocycles. The monoisotopic (exact) mass is 205 g/mol. The quantitative estimate of drug-likeness (QED) is 0.765. The normalized spacial score (nSPS) is 10.4. The zero-order valence-corrected chi connectivity index (χ0v) is 9.98. The lowest BCUT2D eigenvalue weighted by Crippen LogP contribution is -2.23. The molecule has 0 amide bonds. The van der Waals surface area contributed by atoms with Gasteiger partial charge in [0.1, 0.15) is 0 Å². The molecular weight excluding hydrogens is 186 g/mol. The molecule has 0 aliphatic carbocycles. The average molecular weight is 205 g/mol. The molecule has 0 radical (unpaired) electrons. The highest BCUT2D eigenvalue weighted by Gasteiger charge is 2.10. The summed E-state index contributed by atoms with van der Waals surface area (Å²) in [6.45, 7) is 9.41. The molecule has 0 heterocycles. The van der Waals surface area contributed by atoms with E-state index in [1.54, 1.807) is 0 Å². The third-order valence-corrected chi connectivity index (χ3v) is 2.89. The van der Waals surface area contributed by atoms with E-state index in [4.69, 9.17) is 0 Å². The minimum absolute atomic E-state index is 0.178. The van der Waals surface area contributed by atoms with Crippen molar-refractivity contribution in [1.29, 1.82) is 0 Å². The molecule has 0 unspecified atom stereocenters. The Kier molecular flexibility index (Phi) is 4.04. The van der Waals surface area contributed by atoms with Crippen molar-refractivity contribution in [2.75, 3.05) is 13.1 Å². The molecule has 15 heavy (non-hydrogen) atoms. The smallest absolute Gasteiger partial charge is 0.176 e. The Morgan fingerprint density at radius 2 is 1.87 bits per heavy atom. The molecule has 0 spiro atoms. The first-order valence-corrected chi connectivity index (χ1v) is 5.38. The number of aryl methyl sites for hydroxylation is 1. The van der Waals surface area contributed by atoms with Crippen LogP contribution in [0.15, 0.2) is 12.1 Å². The van der Waals surface area contributed by atoms with Crippen LogP contribution in [0.4, 0.5) is 0 Å². The third kappa shape index (κ3) is 2.66. The van der Waals surface area contributed by atoms with Gasteiger partial charge in [0.25, 0.3) is 0 Å². The van der Waals surface area contributed by atoms with Gasteiger partial charge in [-0.05, 0) is 44.0 Å². The maximum absolute atomic E-state index is 11.8. The lowest BCUT2D eigenvalue weighted by atomic mass is 9.96. The molecule has 0 bridgehead atoms. The summed E-state index contributed by atoms with van der Waals surface area (Å²) in [7, 11) is 0. The van der Waals surface area contributed by atoms with Gasteiger partial charge in [-0.15, -0.1) is 0 Å². The second-order valence-electron chi connectivity index (χ2n) is 3.88. The van der Waals surface area contributed by atoms with Gasteiger partial charge in [-0.3, -0.25) is 4.79 Å². The van der Waals surface area contributed by atoms with Gasteiger partial charge < -0.3 is 5.32 Å². The van der Waals surface area contributed by atoms with E-state index in [-0.39, 0.29) is 5.78 Å². The molecule has 2 nitrogen and oxygen atoms in total. The van der Waals surface area contributed by atoms with Crippen molar-refractivity contribution in [2.45, 2.75) is 27.7 Å². The summed E-state index contributed by atoms with van der Waals surface area (Å²) in [5.74, 6) is 0.178. The fourth-order valence-corrected chi connectivity index (χ4v) is 1.59. The number of rotatable bonds is 4. The first-order chi connectivity index (χ1) is 7.07. The molecule has 0 aliphatic rings. The molecule has 1 aromatic rings. The van der Waals surface area contributed by atoms with Gasteiger partial charge >= 0.3 is 0 Å². The molecule has 2 heteroatoms. The van der Waals surface area contributed by atoms with Gasteiger partial charge in [-0.25, -0.2) is 0 Å². The van der Waals surface area contributed by atoms with E-state index in [0.717, 1.165) is 17.7 Å². The van der Waals surface area contributed by atoms with Gasteiger partial charge in [0.15, 0.2) is 5.78 Å². The Morgan fingerprint density at radius 3 is 2.47 bits per heavy atom. The fourth-order valence-electron chi connectivity index (χ4n) is 1.59. The van der Waals surface area contributed by atoms with Gasteiger partial charge in [-0.1, -0.05) is 19.1 Å². The third-order valence-electron chi connectivity index (χ3n) is 2.89. The van der Waals surface area contributed by atoms with Crippen molar-refractivity contribution in [1.82, 2.24) is 5.32 Å². The average Bonchev–Trinajstić information content (AvgIpc) is 2.23. The van der Waals surface area contributed by atoms with Crippen LogP contribution in [0.2, 0.25) is 0 Å². The van der Waals surface area contributed by atoms with E-state index in [1.807, 2.05) is 26.0 Å². The van der Waals surface area contributed by atoms with Crippen LogP contribution in [0.1, 0.15) is 34.0 Å². The maximum Gasteiger partial charge on any atom is 0.176 e. The number of carbonyl (C=O) groups is 1. The number of hydrogen-bond acceptors (Lipinski definition) is 2. The summed E-state index contributed by atoms with van der Waals surface area (Å²) < 4.78 is 0. The standard InChI is InChI=1S/C13H19NO/c1-5-14-8-13(15)12-7-6-9(2)10(3)11(12)4/h6-7,14H,5,8H2,1-4H3. The molecule has 0 saturated carbocycles. The van der Waals surface area contributed by atoms with Gasteiger partial charge in [-0.2, -0.15) is 0 Å². The summed E-state index contributed by atoms with van der Waals surface area (Å²) in [4.78, 5) is 11.8.